The molecule has 0 saturated heterocycles. The van der Waals surface area contributed by atoms with Gasteiger partial charge in [0, 0.05) is 0 Å². The van der Waals surface area contributed by atoms with Crippen LogP contribution in [-0.2, 0) is 50.6 Å². The predicted molar refractivity (Wildman–Crippen MR) is 235 cm³/mol. The third-order valence-electron chi connectivity index (χ3n) is 8.66. The average Bonchev–Trinajstić information content (AvgIpc) is 3.21. The van der Waals surface area contributed by atoms with Gasteiger partial charge in [0.05, 0.1) is 37.9 Å². The smallest absolute Gasteiger partial charge is 0.296 e. The number of hydrogen-bond donors (Lipinski definition) is 10. The summed E-state index contributed by atoms with van der Waals surface area (Å²) in [5.41, 5.74) is -4.49. The second-order valence-electron chi connectivity index (χ2n) is 13.4. The Bertz CT molecular complexity index is 4240. The summed E-state index contributed by atoms with van der Waals surface area (Å²) in [4.78, 5) is 30.2. The van der Waals surface area contributed by atoms with E-state index in [2.05, 4.69) is 60.1 Å². The van der Waals surface area contributed by atoms with Gasteiger partial charge in [-0.15, -0.1) is 10.2 Å². The Hall–Kier alpha value is -6.89. The molecule has 7 aromatic rings. The van der Waals surface area contributed by atoms with Crippen molar-refractivity contribution < 1.29 is 70.0 Å². The minimum absolute atomic E-state index is 0.00574. The minimum Gasteiger partial charge on any atom is -0.505 e. The molecule has 0 aliphatic rings. The molecule has 2 heterocycles. The van der Waals surface area contributed by atoms with Crippen molar-refractivity contribution in [2.75, 3.05) is 0 Å². The van der Waals surface area contributed by atoms with Crippen molar-refractivity contribution in [3.8, 4) is 5.75 Å². The highest BCUT2D eigenvalue weighted by molar-refractivity contribution is 7.87. The number of fused-ring (bicyclic) bond motifs is 1. The summed E-state index contributed by atoms with van der Waals surface area (Å²) in [5.74, 6) is -1.18. The molecule has 0 aliphatic heterocycles. The van der Waals surface area contributed by atoms with Crippen LogP contribution in [0.5, 0.6) is 5.75 Å². The molecule has 0 bridgehead atoms. The second-order valence-corrected chi connectivity index (χ2v) is 21.1. The van der Waals surface area contributed by atoms with E-state index in [0.717, 1.165) is 36.4 Å². The molecule has 0 atom stereocenters. The fraction of sp³-hybridized carbons (Fsp3) is 0. The standard InChI is InChI=1S/C34H24Cl2N12O16S5/c35-29-41-31(37-16-4-3-5-18(12-16)65(50,51)52)45-32(42-29)38-17-8-9-20(24(13-17)68(59,60)61)39-33-43-30(36)44-34(46-33)40-22-14-19(66(53,54)55)10-15-11-25(69(62,63)64)27(28(49)26(15)22)48-47-21-6-1-2-7-23(21)67(56,57)58/h1-14,49H,(H,50,51,52)(H,53,54,55)(H,56,57,58)(H,59,60,61)(H,62,63,64)(H2,37,38,41,42,45)(H2,39,40,43,44,46). The van der Waals surface area contributed by atoms with Gasteiger partial charge in [-0.05, 0) is 95.3 Å². The lowest BCUT2D eigenvalue weighted by atomic mass is 10.1. The number of azo groups is 1. The number of aromatic amines is 4. The molecule has 5 aromatic carbocycles. The SMILES string of the molecule is O=S(=O)(O)c1cccc(N=c2nc(Cl)[nH]c(=Nc3ccc(N=c4nc(Cl)[nH]c(=Nc5cc(S(=O)(=O)O)cc6cc(S(=O)(=O)O)c(N=Nc7ccccc7S(=O)(=O)O)c(O)c56)[nH]4)c(S(=O)(=O)O)c3)[nH]2)c1. The molecular weight excluding hydrogens is 1060 g/mol. The Morgan fingerprint density at radius 1 is 0.464 bits per heavy atom. The van der Waals surface area contributed by atoms with Crippen LogP contribution < -0.4 is 22.5 Å². The van der Waals surface area contributed by atoms with E-state index in [1.54, 1.807) is 0 Å². The highest BCUT2D eigenvalue weighted by Crippen LogP contribution is 2.46. The summed E-state index contributed by atoms with van der Waals surface area (Å²) < 4.78 is 171. The fourth-order valence-corrected chi connectivity index (χ4v) is 9.21. The van der Waals surface area contributed by atoms with Crippen molar-refractivity contribution in [2.24, 2.45) is 30.2 Å². The van der Waals surface area contributed by atoms with E-state index in [9.17, 15) is 70.0 Å². The molecule has 2 aromatic heterocycles. The zero-order chi connectivity index (χ0) is 50.4. The molecule has 10 N–H and O–H groups in total. The third kappa shape index (κ3) is 11.9. The Morgan fingerprint density at radius 3 is 1.65 bits per heavy atom. The van der Waals surface area contributed by atoms with Crippen LogP contribution in [0.15, 0.2) is 140 Å². The lowest BCUT2D eigenvalue weighted by molar-refractivity contribution is 0.471. The fourth-order valence-electron chi connectivity index (χ4n) is 5.89. The number of H-pyrrole nitrogens is 4. The molecular formula is C34H24Cl2N12O16S5. The van der Waals surface area contributed by atoms with Gasteiger partial charge >= 0.3 is 0 Å². The van der Waals surface area contributed by atoms with Crippen LogP contribution in [0.4, 0.5) is 34.1 Å². The largest absolute Gasteiger partial charge is 0.505 e. The Kier molecular flexibility index (Phi) is 13.4. The number of aromatic hydroxyl groups is 1. The molecule has 0 aliphatic carbocycles. The molecule has 0 fully saturated rings. The van der Waals surface area contributed by atoms with Crippen LogP contribution in [0.1, 0.15) is 0 Å². The van der Waals surface area contributed by atoms with Gasteiger partial charge in [-0.25, -0.2) is 20.0 Å². The Labute approximate surface area is 394 Å². The monoisotopic (exact) mass is 1090 g/mol. The van der Waals surface area contributed by atoms with Crippen molar-refractivity contribution in [3.63, 3.8) is 0 Å². The molecule has 0 unspecified atom stereocenters. The predicted octanol–water partition coefficient (Wildman–Crippen LogP) is 3.53. The topological polar surface area (TPSA) is 455 Å². The van der Waals surface area contributed by atoms with Gasteiger partial charge in [-0.2, -0.15) is 52.1 Å². The van der Waals surface area contributed by atoms with E-state index < -0.39 is 131 Å². The van der Waals surface area contributed by atoms with Crippen LogP contribution in [0.25, 0.3) is 10.8 Å². The van der Waals surface area contributed by atoms with Crippen LogP contribution in [0, 0.1) is 0 Å². The molecule has 28 nitrogen and oxygen atoms in total. The number of phenolic OH excluding ortho intramolecular Hbond substituents is 1. The maximum absolute atomic E-state index is 12.7. The van der Waals surface area contributed by atoms with Gasteiger partial charge in [0.2, 0.25) is 33.0 Å². The first-order valence-electron chi connectivity index (χ1n) is 17.9. The summed E-state index contributed by atoms with van der Waals surface area (Å²) in [6.07, 6.45) is 0. The number of nitrogens with zero attached hydrogens (tertiary/aromatic N) is 8. The molecule has 360 valence electrons. The van der Waals surface area contributed by atoms with Gasteiger partial charge in [0.1, 0.15) is 26.1 Å². The highest BCUT2D eigenvalue weighted by Gasteiger charge is 2.26. The molecule has 7 rings (SSSR count). The van der Waals surface area contributed by atoms with Crippen molar-refractivity contribution in [2.45, 2.75) is 24.5 Å². The number of halogens is 2. The van der Waals surface area contributed by atoms with Gasteiger partial charge < -0.3 is 15.1 Å². The number of nitrogens with one attached hydrogen (secondary N) is 4. The van der Waals surface area contributed by atoms with Crippen LogP contribution in [0.3, 0.4) is 0 Å². The van der Waals surface area contributed by atoms with E-state index in [1.165, 1.54) is 30.3 Å². The summed E-state index contributed by atoms with van der Waals surface area (Å²) in [7, 11) is -25.2. The number of aromatic nitrogens is 6. The van der Waals surface area contributed by atoms with E-state index >= 15 is 0 Å². The van der Waals surface area contributed by atoms with Crippen molar-refractivity contribution in [1.29, 1.82) is 0 Å². The van der Waals surface area contributed by atoms with Crippen molar-refractivity contribution in [3.05, 3.63) is 118 Å². The minimum atomic E-state index is -5.38. The lowest BCUT2D eigenvalue weighted by Gasteiger charge is -2.12. The highest BCUT2D eigenvalue weighted by atomic mass is 35.5. The summed E-state index contributed by atoms with van der Waals surface area (Å²) >= 11 is 12.3. The maximum atomic E-state index is 12.7. The molecule has 35 heteroatoms. The zero-order valence-corrected chi connectivity index (χ0v) is 38.8. The van der Waals surface area contributed by atoms with Gasteiger partial charge in [-0.1, -0.05) is 18.2 Å². The molecule has 0 radical (unpaired) electrons. The lowest BCUT2D eigenvalue weighted by Crippen LogP contribution is -2.27. The van der Waals surface area contributed by atoms with Crippen LogP contribution in [-0.4, -0.2) is 99.9 Å². The molecule has 0 saturated carbocycles. The van der Waals surface area contributed by atoms with E-state index in [1.807, 2.05) is 0 Å². The molecule has 69 heavy (non-hydrogen) atoms. The van der Waals surface area contributed by atoms with Crippen LogP contribution in [0.2, 0.25) is 10.6 Å². The van der Waals surface area contributed by atoms with Crippen LogP contribution >= 0.6 is 23.2 Å². The number of benzene rings is 5. The maximum Gasteiger partial charge on any atom is 0.296 e. The summed E-state index contributed by atoms with van der Waals surface area (Å²) in [6.45, 7) is 0. The van der Waals surface area contributed by atoms with Gasteiger partial charge in [0.25, 0.3) is 50.6 Å². The summed E-state index contributed by atoms with van der Waals surface area (Å²) in [6, 6.07) is 14.3. The van der Waals surface area contributed by atoms with Gasteiger partial charge in [-0.3, -0.25) is 32.7 Å². The van der Waals surface area contributed by atoms with Gasteiger partial charge in [0.15, 0.2) is 5.75 Å². The third-order valence-corrected chi connectivity index (χ3v) is 13.4. The number of phenols is 1. The van der Waals surface area contributed by atoms with E-state index in [0.29, 0.717) is 18.2 Å². The Balaban J connectivity index is 1.38. The number of rotatable bonds is 11. The summed E-state index contributed by atoms with van der Waals surface area (Å²) in [5, 5.41) is 16.8. The Morgan fingerprint density at radius 2 is 1.04 bits per heavy atom. The zero-order valence-electron chi connectivity index (χ0n) is 33.2. The second kappa shape index (κ2) is 18.5. The first kappa shape index (κ1) is 50.0. The first-order valence-corrected chi connectivity index (χ1v) is 25.9. The van der Waals surface area contributed by atoms with E-state index in [4.69, 9.17) is 23.2 Å². The van der Waals surface area contributed by atoms with Crippen molar-refractivity contribution in [1.82, 2.24) is 29.9 Å². The number of hydrogen-bond acceptors (Lipinski definition) is 19. The normalized spacial score (nSPS) is 14.1. The quantitative estimate of drug-likeness (QED) is 0.0654. The van der Waals surface area contributed by atoms with E-state index in [-0.39, 0.29) is 27.9 Å². The molecule has 0 amide bonds. The molecule has 0 spiro atoms. The van der Waals surface area contributed by atoms with Crippen molar-refractivity contribution >= 4 is 119 Å². The average molecular weight is 1090 g/mol. The first-order chi connectivity index (χ1) is 32.0.